The first-order valence-electron chi connectivity index (χ1n) is 6.00. The van der Waals surface area contributed by atoms with Gasteiger partial charge in [0.2, 0.25) is 0 Å². The molecule has 0 atom stereocenters. The van der Waals surface area contributed by atoms with Crippen LogP contribution < -0.4 is 14.9 Å². The summed E-state index contributed by atoms with van der Waals surface area (Å²) in [5.41, 5.74) is -1.06. The molecule has 0 saturated heterocycles. The number of carboxylic acids is 1. The van der Waals surface area contributed by atoms with Crippen molar-refractivity contribution in [1.82, 2.24) is 10.3 Å². The highest BCUT2D eigenvalue weighted by atomic mass is 32.3. The first-order valence-corrected chi connectivity index (χ1v) is 7.37. The molecular formula is C12H10N2O8S. The van der Waals surface area contributed by atoms with Crippen molar-refractivity contribution in [2.75, 3.05) is 6.54 Å². The molecule has 1 aromatic carbocycles. The molecule has 10 nitrogen and oxygen atoms in total. The van der Waals surface area contributed by atoms with Crippen LogP contribution in [0.5, 0.6) is 5.75 Å². The predicted octanol–water partition coefficient (Wildman–Crippen LogP) is -0.476. The van der Waals surface area contributed by atoms with E-state index in [1.54, 1.807) is 0 Å². The van der Waals surface area contributed by atoms with Crippen LogP contribution >= 0.6 is 0 Å². The number of rotatable bonds is 5. The summed E-state index contributed by atoms with van der Waals surface area (Å²) in [6.07, 6.45) is 0. The Kier molecular flexibility index (Phi) is 4.33. The molecule has 122 valence electrons. The van der Waals surface area contributed by atoms with E-state index < -0.39 is 40.0 Å². The van der Waals surface area contributed by atoms with Crippen LogP contribution in [0.4, 0.5) is 0 Å². The SMILES string of the molecule is O=C(O)CNC(=O)c1cc(=O)c2cccc(OS(=O)(=O)O)c2[nH]1. The minimum Gasteiger partial charge on any atom is -0.480 e. The number of aromatic amines is 1. The minimum absolute atomic E-state index is 0.0148. The number of aliphatic carboxylic acids is 1. The van der Waals surface area contributed by atoms with Crippen LogP contribution in [-0.2, 0) is 15.2 Å². The first-order chi connectivity index (χ1) is 10.7. The Morgan fingerprint density at radius 1 is 1.30 bits per heavy atom. The second-order valence-electron chi connectivity index (χ2n) is 4.31. The molecule has 23 heavy (non-hydrogen) atoms. The van der Waals surface area contributed by atoms with Gasteiger partial charge in [-0.1, -0.05) is 6.07 Å². The molecule has 0 aliphatic rings. The van der Waals surface area contributed by atoms with Crippen LogP contribution in [0.25, 0.3) is 10.9 Å². The number of nitrogens with one attached hydrogen (secondary N) is 2. The van der Waals surface area contributed by atoms with Crippen molar-refractivity contribution in [3.63, 3.8) is 0 Å². The quantitative estimate of drug-likeness (QED) is 0.529. The van der Waals surface area contributed by atoms with Crippen LogP contribution in [0.15, 0.2) is 29.1 Å². The summed E-state index contributed by atoms with van der Waals surface area (Å²) in [6, 6.07) is 4.76. The Morgan fingerprint density at radius 2 is 2.00 bits per heavy atom. The van der Waals surface area contributed by atoms with E-state index in [4.69, 9.17) is 9.66 Å². The summed E-state index contributed by atoms with van der Waals surface area (Å²) >= 11 is 0. The van der Waals surface area contributed by atoms with E-state index in [1.165, 1.54) is 12.1 Å². The predicted molar refractivity (Wildman–Crippen MR) is 76.7 cm³/mol. The smallest absolute Gasteiger partial charge is 0.446 e. The van der Waals surface area contributed by atoms with E-state index in [1.807, 2.05) is 5.32 Å². The van der Waals surface area contributed by atoms with Gasteiger partial charge in [0.05, 0.1) is 5.52 Å². The molecule has 2 rings (SSSR count). The Labute approximate surface area is 128 Å². The zero-order valence-electron chi connectivity index (χ0n) is 11.3. The van der Waals surface area contributed by atoms with Crippen LogP contribution in [-0.4, -0.2) is 41.5 Å². The topological polar surface area (TPSA) is 163 Å². The largest absolute Gasteiger partial charge is 0.480 e. The summed E-state index contributed by atoms with van der Waals surface area (Å²) in [4.78, 5) is 36.7. The molecule has 0 unspecified atom stereocenters. The second-order valence-corrected chi connectivity index (χ2v) is 5.34. The van der Waals surface area contributed by atoms with Crippen molar-refractivity contribution >= 4 is 33.2 Å². The van der Waals surface area contributed by atoms with Crippen molar-refractivity contribution in [2.24, 2.45) is 0 Å². The number of fused-ring (bicyclic) bond motifs is 1. The summed E-state index contributed by atoms with van der Waals surface area (Å²) in [5.74, 6) is -2.56. The Balaban J connectivity index is 2.54. The van der Waals surface area contributed by atoms with Gasteiger partial charge in [0.15, 0.2) is 11.2 Å². The Hall–Kier alpha value is -2.92. The molecular weight excluding hydrogens is 332 g/mol. The van der Waals surface area contributed by atoms with Crippen molar-refractivity contribution in [3.05, 3.63) is 40.2 Å². The molecule has 4 N–H and O–H groups in total. The molecule has 1 heterocycles. The fraction of sp³-hybridized carbons (Fsp3) is 0.0833. The van der Waals surface area contributed by atoms with Gasteiger partial charge in [0.25, 0.3) is 5.91 Å². The Bertz CT molecular complexity index is 947. The average Bonchev–Trinajstić information content (AvgIpc) is 2.43. The van der Waals surface area contributed by atoms with Crippen LogP contribution in [0.3, 0.4) is 0 Å². The van der Waals surface area contributed by atoms with Crippen LogP contribution in [0, 0.1) is 0 Å². The third kappa shape index (κ3) is 4.05. The van der Waals surface area contributed by atoms with Crippen molar-refractivity contribution in [2.45, 2.75) is 0 Å². The highest BCUT2D eigenvalue weighted by Crippen LogP contribution is 2.22. The molecule has 0 spiro atoms. The zero-order valence-corrected chi connectivity index (χ0v) is 12.1. The van der Waals surface area contributed by atoms with Gasteiger partial charge < -0.3 is 19.6 Å². The van der Waals surface area contributed by atoms with Gasteiger partial charge in [0, 0.05) is 11.5 Å². The van der Waals surface area contributed by atoms with E-state index >= 15 is 0 Å². The number of hydrogen-bond acceptors (Lipinski definition) is 6. The maximum Gasteiger partial charge on any atom is 0.446 e. The molecule has 0 radical (unpaired) electrons. The summed E-state index contributed by atoms with van der Waals surface area (Å²) < 4.78 is 34.7. The van der Waals surface area contributed by atoms with Crippen molar-refractivity contribution in [3.8, 4) is 5.75 Å². The summed E-state index contributed by atoms with van der Waals surface area (Å²) in [5, 5.41) is 10.6. The van der Waals surface area contributed by atoms with Crippen molar-refractivity contribution < 1.29 is 31.8 Å². The Morgan fingerprint density at radius 3 is 2.61 bits per heavy atom. The molecule has 2 aromatic rings. The van der Waals surface area contributed by atoms with Gasteiger partial charge in [-0.3, -0.25) is 18.9 Å². The highest BCUT2D eigenvalue weighted by molar-refractivity contribution is 7.81. The number of H-pyrrole nitrogens is 1. The van der Waals surface area contributed by atoms with Gasteiger partial charge in [0.1, 0.15) is 12.2 Å². The molecule has 0 aliphatic carbocycles. The number of aromatic nitrogens is 1. The third-order valence-electron chi connectivity index (χ3n) is 2.67. The van der Waals surface area contributed by atoms with Gasteiger partial charge in [-0.05, 0) is 12.1 Å². The molecule has 0 aliphatic heterocycles. The standard InChI is InChI=1S/C12H10N2O8S/c15-8-4-7(12(18)13-5-10(16)17)14-11-6(8)2-1-3-9(11)22-23(19,20)21/h1-4H,5H2,(H,13,18)(H,14,15)(H,16,17)(H,19,20,21). The lowest BCUT2D eigenvalue weighted by Gasteiger charge is -2.08. The number of para-hydroxylation sites is 1. The van der Waals surface area contributed by atoms with Crippen LogP contribution in [0.2, 0.25) is 0 Å². The summed E-state index contributed by atoms with van der Waals surface area (Å²) in [6.45, 7) is -0.665. The second kappa shape index (κ2) is 6.06. The monoisotopic (exact) mass is 342 g/mol. The van der Waals surface area contributed by atoms with E-state index in [9.17, 15) is 22.8 Å². The maximum absolute atomic E-state index is 12.0. The summed E-state index contributed by atoms with van der Waals surface area (Å²) in [7, 11) is -4.84. The fourth-order valence-electron chi connectivity index (χ4n) is 1.80. The molecule has 0 saturated carbocycles. The van der Waals surface area contributed by atoms with E-state index in [0.717, 1.165) is 12.1 Å². The van der Waals surface area contributed by atoms with Crippen LogP contribution in [0.1, 0.15) is 10.5 Å². The van der Waals surface area contributed by atoms with Gasteiger partial charge in [-0.15, -0.1) is 0 Å². The number of benzene rings is 1. The lowest BCUT2D eigenvalue weighted by molar-refractivity contribution is -0.135. The minimum atomic E-state index is -4.84. The van der Waals surface area contributed by atoms with Gasteiger partial charge in [-0.2, -0.15) is 8.42 Å². The number of carbonyl (C=O) groups excluding carboxylic acids is 1. The molecule has 1 amide bonds. The maximum atomic E-state index is 12.0. The fourth-order valence-corrected chi connectivity index (χ4v) is 2.17. The van der Waals surface area contributed by atoms with E-state index in [2.05, 4.69) is 9.17 Å². The average molecular weight is 342 g/mol. The normalized spacial score (nSPS) is 11.2. The molecule has 0 fully saturated rings. The lowest BCUT2D eigenvalue weighted by Crippen LogP contribution is -2.30. The highest BCUT2D eigenvalue weighted by Gasteiger charge is 2.15. The third-order valence-corrected chi connectivity index (χ3v) is 3.06. The molecule has 11 heteroatoms. The van der Waals surface area contributed by atoms with E-state index in [0.29, 0.717) is 0 Å². The van der Waals surface area contributed by atoms with Gasteiger partial charge >= 0.3 is 16.4 Å². The number of pyridine rings is 1. The molecule has 1 aromatic heterocycles. The first kappa shape index (κ1) is 16.5. The zero-order chi connectivity index (χ0) is 17.2. The lowest BCUT2D eigenvalue weighted by atomic mass is 10.1. The number of carbonyl (C=O) groups is 2. The number of amides is 1. The van der Waals surface area contributed by atoms with Crippen molar-refractivity contribution in [1.29, 1.82) is 0 Å². The molecule has 0 bridgehead atoms. The van der Waals surface area contributed by atoms with E-state index in [-0.39, 0.29) is 16.6 Å². The number of hydrogen-bond donors (Lipinski definition) is 4. The number of carboxylic acid groups (broad SMARTS) is 1. The van der Waals surface area contributed by atoms with Gasteiger partial charge in [-0.25, -0.2) is 0 Å².